The van der Waals surface area contributed by atoms with E-state index in [1.54, 1.807) is 18.2 Å². The molecule has 136 valence electrons. The Kier molecular flexibility index (Phi) is 4.33. The number of imide groups is 1. The molecule has 4 rings (SSSR count). The van der Waals surface area contributed by atoms with Gasteiger partial charge in [0, 0.05) is 25.5 Å². The second-order valence-corrected chi connectivity index (χ2v) is 7.15. The number of amides is 3. The second-order valence-electron chi connectivity index (χ2n) is 6.14. The van der Waals surface area contributed by atoms with Crippen molar-refractivity contribution in [1.29, 1.82) is 0 Å². The topological polar surface area (TPSA) is 83.8 Å². The fourth-order valence-corrected chi connectivity index (χ4v) is 3.98. The number of aromatic nitrogens is 1. The first-order chi connectivity index (χ1) is 13.0. The van der Waals surface area contributed by atoms with Crippen LogP contribution in [0, 0.1) is 0 Å². The molecule has 1 aromatic heterocycles. The van der Waals surface area contributed by atoms with Crippen LogP contribution < -0.4 is 15.1 Å². The Morgan fingerprint density at radius 3 is 2.56 bits per heavy atom. The molecule has 0 unspecified atom stereocenters. The maximum Gasteiger partial charge on any atom is 0.271 e. The standard InChI is InChI=1S/C19H16N4O3S/c1-22-14-7-2-3-8-15(14)27-19(22)21-20-18(26)12-5-4-6-13(11-12)23-16(24)9-10-17(23)25/h2-8,11H,9-10H2,1H3,(H,20,26)/b21-19+. The van der Waals surface area contributed by atoms with Gasteiger partial charge in [0.05, 0.1) is 15.9 Å². The molecule has 3 amide bonds. The number of nitrogens with one attached hydrogen (secondary N) is 1. The van der Waals surface area contributed by atoms with Crippen molar-refractivity contribution < 1.29 is 14.4 Å². The van der Waals surface area contributed by atoms with Crippen LogP contribution in [0.1, 0.15) is 23.2 Å². The maximum absolute atomic E-state index is 12.5. The molecule has 2 heterocycles. The average Bonchev–Trinajstić information content (AvgIpc) is 3.19. The molecule has 7 nitrogen and oxygen atoms in total. The van der Waals surface area contributed by atoms with E-state index >= 15 is 0 Å². The molecular weight excluding hydrogens is 364 g/mol. The lowest BCUT2D eigenvalue weighted by Gasteiger charge is -2.14. The number of anilines is 1. The fraction of sp³-hybridized carbons (Fsp3) is 0.158. The highest BCUT2D eigenvalue weighted by Crippen LogP contribution is 2.23. The van der Waals surface area contributed by atoms with Gasteiger partial charge < -0.3 is 4.57 Å². The summed E-state index contributed by atoms with van der Waals surface area (Å²) in [6, 6.07) is 14.3. The van der Waals surface area contributed by atoms with E-state index < -0.39 is 5.91 Å². The predicted octanol–water partition coefficient (Wildman–Crippen LogP) is 2.14. The molecule has 1 aliphatic rings. The van der Waals surface area contributed by atoms with Crippen LogP contribution in [0.3, 0.4) is 0 Å². The quantitative estimate of drug-likeness (QED) is 0.558. The van der Waals surface area contributed by atoms with Crippen molar-refractivity contribution in [2.75, 3.05) is 4.90 Å². The molecule has 1 fully saturated rings. The van der Waals surface area contributed by atoms with E-state index in [-0.39, 0.29) is 24.7 Å². The second kappa shape index (κ2) is 6.81. The number of aryl methyl sites for hydroxylation is 1. The summed E-state index contributed by atoms with van der Waals surface area (Å²) in [4.78, 5) is 38.0. The van der Waals surface area contributed by atoms with Crippen molar-refractivity contribution in [2.24, 2.45) is 12.1 Å². The molecule has 0 atom stereocenters. The molecule has 1 aliphatic heterocycles. The Morgan fingerprint density at radius 1 is 1.07 bits per heavy atom. The molecular formula is C19H16N4O3S. The highest BCUT2D eigenvalue weighted by molar-refractivity contribution is 7.16. The molecule has 0 spiro atoms. The Hall–Kier alpha value is -3.26. The van der Waals surface area contributed by atoms with Crippen LogP contribution in [0.2, 0.25) is 0 Å². The van der Waals surface area contributed by atoms with Crippen molar-refractivity contribution in [1.82, 2.24) is 9.99 Å². The number of rotatable bonds is 3. The van der Waals surface area contributed by atoms with Crippen molar-refractivity contribution >= 4 is 45.0 Å². The molecule has 0 radical (unpaired) electrons. The van der Waals surface area contributed by atoms with E-state index in [0.29, 0.717) is 16.1 Å². The number of fused-ring (bicyclic) bond motifs is 1. The summed E-state index contributed by atoms with van der Waals surface area (Å²) in [5.74, 6) is -0.910. The third-order valence-electron chi connectivity index (χ3n) is 4.39. The summed E-state index contributed by atoms with van der Waals surface area (Å²) >= 11 is 1.47. The van der Waals surface area contributed by atoms with E-state index in [1.165, 1.54) is 17.4 Å². The summed E-state index contributed by atoms with van der Waals surface area (Å²) in [5.41, 5.74) is 4.31. The molecule has 3 aromatic rings. The number of hydrogen-bond donors (Lipinski definition) is 1. The van der Waals surface area contributed by atoms with Crippen molar-refractivity contribution in [3.05, 3.63) is 58.9 Å². The Balaban J connectivity index is 1.60. The Labute approximate surface area is 158 Å². The van der Waals surface area contributed by atoms with Gasteiger partial charge >= 0.3 is 0 Å². The summed E-state index contributed by atoms with van der Waals surface area (Å²) in [7, 11) is 1.88. The van der Waals surface area contributed by atoms with Gasteiger partial charge in [0.25, 0.3) is 5.91 Å². The number of benzene rings is 2. The SMILES string of the molecule is Cn1/c(=N\NC(=O)c2cccc(N3C(=O)CCC3=O)c2)sc2ccccc21. The van der Waals surface area contributed by atoms with Gasteiger partial charge in [-0.3, -0.25) is 19.3 Å². The predicted molar refractivity (Wildman–Crippen MR) is 102 cm³/mol. The van der Waals surface area contributed by atoms with E-state index in [1.807, 2.05) is 35.9 Å². The molecule has 0 saturated carbocycles. The van der Waals surface area contributed by atoms with Crippen molar-refractivity contribution in [3.63, 3.8) is 0 Å². The lowest BCUT2D eigenvalue weighted by Crippen LogP contribution is -2.29. The third kappa shape index (κ3) is 3.15. The van der Waals surface area contributed by atoms with Crippen LogP contribution in [0.5, 0.6) is 0 Å². The molecule has 1 saturated heterocycles. The largest absolute Gasteiger partial charge is 0.318 e. The lowest BCUT2D eigenvalue weighted by molar-refractivity contribution is -0.121. The minimum atomic E-state index is -0.409. The molecule has 27 heavy (non-hydrogen) atoms. The van der Waals surface area contributed by atoms with Crippen LogP contribution >= 0.6 is 11.3 Å². The Bertz CT molecular complexity index is 1130. The summed E-state index contributed by atoms with van der Waals surface area (Å²) in [5, 5.41) is 4.21. The normalized spacial score (nSPS) is 15.0. The van der Waals surface area contributed by atoms with Gasteiger partial charge in [-0.05, 0) is 30.3 Å². The monoisotopic (exact) mass is 380 g/mol. The number of thiazole rings is 1. The number of para-hydroxylation sites is 1. The fourth-order valence-electron chi connectivity index (χ4n) is 3.00. The zero-order chi connectivity index (χ0) is 19.0. The first-order valence-corrected chi connectivity index (χ1v) is 9.21. The zero-order valence-electron chi connectivity index (χ0n) is 14.5. The molecule has 0 bridgehead atoms. The van der Waals surface area contributed by atoms with Crippen molar-refractivity contribution in [2.45, 2.75) is 12.8 Å². The minimum absolute atomic E-state index is 0.201. The number of carbonyl (C=O) groups is 3. The van der Waals surface area contributed by atoms with E-state index in [0.717, 1.165) is 15.1 Å². The van der Waals surface area contributed by atoms with Gasteiger partial charge in [0.1, 0.15) is 0 Å². The number of hydrogen-bond acceptors (Lipinski definition) is 5. The first-order valence-electron chi connectivity index (χ1n) is 8.39. The Morgan fingerprint density at radius 2 is 1.81 bits per heavy atom. The van der Waals surface area contributed by atoms with Crippen LogP contribution in [0.4, 0.5) is 5.69 Å². The first kappa shape index (κ1) is 17.2. The van der Waals surface area contributed by atoms with E-state index in [9.17, 15) is 14.4 Å². The van der Waals surface area contributed by atoms with Crippen LogP contribution in [0.15, 0.2) is 53.6 Å². The van der Waals surface area contributed by atoms with Gasteiger partial charge in [-0.1, -0.05) is 29.5 Å². The highest BCUT2D eigenvalue weighted by Gasteiger charge is 2.30. The van der Waals surface area contributed by atoms with Crippen molar-refractivity contribution in [3.8, 4) is 0 Å². The summed E-state index contributed by atoms with van der Waals surface area (Å²) in [6.45, 7) is 0. The smallest absolute Gasteiger partial charge is 0.271 e. The lowest BCUT2D eigenvalue weighted by atomic mass is 10.2. The van der Waals surface area contributed by atoms with Crippen LogP contribution in [0.25, 0.3) is 10.2 Å². The third-order valence-corrected chi connectivity index (χ3v) is 5.50. The van der Waals surface area contributed by atoms with Gasteiger partial charge in [-0.15, -0.1) is 5.10 Å². The highest BCUT2D eigenvalue weighted by atomic mass is 32.1. The van der Waals surface area contributed by atoms with Gasteiger partial charge in [-0.25, -0.2) is 5.43 Å². The zero-order valence-corrected chi connectivity index (χ0v) is 15.3. The van der Waals surface area contributed by atoms with Crippen LogP contribution in [-0.4, -0.2) is 22.3 Å². The van der Waals surface area contributed by atoms with Gasteiger partial charge in [0.2, 0.25) is 16.6 Å². The van der Waals surface area contributed by atoms with E-state index in [4.69, 9.17) is 0 Å². The average molecular weight is 380 g/mol. The van der Waals surface area contributed by atoms with Gasteiger partial charge in [-0.2, -0.15) is 0 Å². The number of carbonyl (C=O) groups excluding carboxylic acids is 3. The summed E-state index contributed by atoms with van der Waals surface area (Å²) < 4.78 is 2.97. The molecule has 2 aromatic carbocycles. The molecule has 1 N–H and O–H groups in total. The summed E-state index contributed by atoms with van der Waals surface area (Å²) in [6.07, 6.45) is 0.403. The maximum atomic E-state index is 12.5. The van der Waals surface area contributed by atoms with Crippen LogP contribution in [-0.2, 0) is 16.6 Å². The minimum Gasteiger partial charge on any atom is -0.318 e. The number of nitrogens with zero attached hydrogens (tertiary/aromatic N) is 3. The van der Waals surface area contributed by atoms with E-state index in [2.05, 4.69) is 10.5 Å². The van der Waals surface area contributed by atoms with Gasteiger partial charge in [0.15, 0.2) is 0 Å². The molecule has 8 heteroatoms. The molecule has 0 aliphatic carbocycles.